The van der Waals surface area contributed by atoms with Crippen LogP contribution < -0.4 is 9.64 Å². The zero-order valence-corrected chi connectivity index (χ0v) is 22.4. The molecule has 1 N–H and O–H groups in total. The van der Waals surface area contributed by atoms with Crippen molar-refractivity contribution in [2.24, 2.45) is 5.92 Å². The molecule has 1 unspecified atom stereocenters. The van der Waals surface area contributed by atoms with Crippen molar-refractivity contribution in [2.45, 2.75) is 31.9 Å². The lowest BCUT2D eigenvalue weighted by atomic mass is 10.2. The van der Waals surface area contributed by atoms with Crippen LogP contribution in [0.2, 0.25) is 0 Å². The molecule has 218 valence electrons. The minimum Gasteiger partial charge on any atom is -0.495 e. The predicted octanol–water partition coefficient (Wildman–Crippen LogP) is -0.426. The number of nitrogens with zero attached hydrogens (tertiary/aromatic N) is 6. The highest BCUT2D eigenvalue weighted by Gasteiger charge is 2.46. The molecule has 1 aromatic carbocycles. The molecule has 0 spiro atoms. The number of morpholine rings is 1. The number of hydrogen-bond acceptors (Lipinski definition) is 11. The second kappa shape index (κ2) is 12.0. The third kappa shape index (κ3) is 6.20. The average molecular weight is 571 g/mol. The van der Waals surface area contributed by atoms with Crippen LogP contribution in [0.5, 0.6) is 5.75 Å². The molecule has 41 heavy (non-hydrogen) atoms. The van der Waals surface area contributed by atoms with Crippen molar-refractivity contribution >= 4 is 35.3 Å². The summed E-state index contributed by atoms with van der Waals surface area (Å²) < 4.78 is 16.5. The number of aliphatic hydroxyl groups excluding tert-OH is 1. The molecule has 3 fully saturated rings. The smallest absolute Gasteiger partial charge is 0.334 e. The van der Waals surface area contributed by atoms with Gasteiger partial charge in [-0.15, -0.1) is 0 Å². The van der Waals surface area contributed by atoms with Gasteiger partial charge in [0.1, 0.15) is 18.9 Å². The highest BCUT2D eigenvalue weighted by molar-refractivity contribution is 6.44. The molecule has 1 saturated carbocycles. The first kappa shape index (κ1) is 28.2. The van der Waals surface area contributed by atoms with E-state index in [0.717, 1.165) is 22.6 Å². The monoisotopic (exact) mass is 570 g/mol. The Morgan fingerprint density at radius 1 is 1.15 bits per heavy atom. The molecule has 3 heterocycles. The minimum absolute atomic E-state index is 0.00630. The molecule has 2 aromatic rings. The summed E-state index contributed by atoms with van der Waals surface area (Å²) in [5, 5.41) is 13.1. The van der Waals surface area contributed by atoms with Gasteiger partial charge in [-0.3, -0.25) is 24.1 Å². The van der Waals surface area contributed by atoms with Crippen molar-refractivity contribution in [3.05, 3.63) is 36.0 Å². The number of anilines is 1. The predicted molar refractivity (Wildman–Crippen MR) is 137 cm³/mol. The number of aromatic nitrogens is 2. The molecule has 3 aliphatic rings. The number of hydrogen-bond donors (Lipinski definition) is 1. The first-order valence-corrected chi connectivity index (χ1v) is 13.2. The molecule has 15 nitrogen and oxygen atoms in total. The molecule has 2 aliphatic heterocycles. The lowest BCUT2D eigenvalue weighted by Gasteiger charge is -2.35. The second-order valence-electron chi connectivity index (χ2n) is 9.98. The first-order valence-electron chi connectivity index (χ1n) is 13.2. The molecule has 1 aliphatic carbocycles. The Balaban J connectivity index is 1.29. The van der Waals surface area contributed by atoms with Crippen LogP contribution in [0.25, 0.3) is 0 Å². The topological polar surface area (TPSA) is 176 Å². The number of carbonyl (C=O) groups is 5. The fourth-order valence-corrected chi connectivity index (χ4v) is 4.75. The third-order valence-electron chi connectivity index (χ3n) is 7.08. The van der Waals surface area contributed by atoms with Crippen molar-refractivity contribution in [3.8, 4) is 5.75 Å². The van der Waals surface area contributed by atoms with Crippen LogP contribution in [0.15, 0.2) is 28.8 Å². The summed E-state index contributed by atoms with van der Waals surface area (Å²) in [4.78, 5) is 71.7. The van der Waals surface area contributed by atoms with Crippen molar-refractivity contribution in [1.29, 1.82) is 0 Å². The van der Waals surface area contributed by atoms with E-state index < -0.39 is 48.9 Å². The van der Waals surface area contributed by atoms with E-state index >= 15 is 0 Å². The van der Waals surface area contributed by atoms with Gasteiger partial charge in [-0.05, 0) is 30.9 Å². The lowest BCUT2D eigenvalue weighted by Crippen LogP contribution is -2.51. The quantitative estimate of drug-likeness (QED) is 0.274. The molecule has 6 amide bonds. The van der Waals surface area contributed by atoms with Gasteiger partial charge in [-0.2, -0.15) is 4.98 Å². The van der Waals surface area contributed by atoms with Crippen LogP contribution in [-0.2, 0) is 36.9 Å². The maximum absolute atomic E-state index is 13.6. The summed E-state index contributed by atoms with van der Waals surface area (Å²) in [6.07, 6.45) is 0.966. The molecular weight excluding hydrogens is 540 g/mol. The fraction of sp³-hybridized carbons (Fsp3) is 0.500. The Kier molecular flexibility index (Phi) is 8.26. The Hall–Kier alpha value is -4.37. The molecule has 0 bridgehead atoms. The standard InChI is InChI=1S/C26H30N6O9/c1-39-19-5-3-2-4-18(19)30(13-17-12-29(8-9-40-17)23(35)15-33)22(34)10-20-27-21(41-28-20)14-32-25(37)24(36)31(26(32)38)11-16-6-7-16/h2-5,16-17,33H,6-15H2,1H3. The normalized spacial score (nSPS) is 19.2. The number of urea groups is 1. The van der Waals surface area contributed by atoms with Crippen LogP contribution in [0, 0.1) is 5.92 Å². The minimum atomic E-state index is -0.963. The van der Waals surface area contributed by atoms with E-state index in [2.05, 4.69) is 10.1 Å². The molecule has 0 radical (unpaired) electrons. The van der Waals surface area contributed by atoms with Gasteiger partial charge in [0.25, 0.3) is 0 Å². The SMILES string of the molecule is COc1ccccc1N(CC1CN(C(=O)CO)CCO1)C(=O)Cc1noc(CN2C(=O)C(=O)N(CC3CC3)C2=O)n1. The maximum atomic E-state index is 13.6. The van der Waals surface area contributed by atoms with E-state index in [0.29, 0.717) is 18.0 Å². The molecule has 2 saturated heterocycles. The van der Waals surface area contributed by atoms with E-state index in [1.807, 2.05) is 0 Å². The summed E-state index contributed by atoms with van der Waals surface area (Å²) in [5.74, 6) is -2.15. The van der Waals surface area contributed by atoms with E-state index in [1.54, 1.807) is 24.3 Å². The van der Waals surface area contributed by atoms with Gasteiger partial charge in [0, 0.05) is 19.6 Å². The highest BCUT2D eigenvalue weighted by atomic mass is 16.5. The molecule has 1 atom stereocenters. The lowest BCUT2D eigenvalue weighted by molar-refractivity contribution is -0.143. The number of imide groups is 2. The van der Waals surface area contributed by atoms with Crippen LogP contribution in [0.1, 0.15) is 24.6 Å². The van der Waals surface area contributed by atoms with Gasteiger partial charge in [-0.1, -0.05) is 17.3 Å². The second-order valence-corrected chi connectivity index (χ2v) is 9.98. The molecule has 5 rings (SSSR count). The van der Waals surface area contributed by atoms with Gasteiger partial charge in [0.2, 0.25) is 17.7 Å². The highest BCUT2D eigenvalue weighted by Crippen LogP contribution is 2.32. The number of methoxy groups -OCH3 is 1. The van der Waals surface area contributed by atoms with E-state index in [9.17, 15) is 29.1 Å². The molecular formula is C26H30N6O9. The fourth-order valence-electron chi connectivity index (χ4n) is 4.75. The van der Waals surface area contributed by atoms with Crippen molar-refractivity contribution in [3.63, 3.8) is 0 Å². The van der Waals surface area contributed by atoms with Crippen molar-refractivity contribution < 1.29 is 43.1 Å². The third-order valence-corrected chi connectivity index (χ3v) is 7.08. The zero-order valence-electron chi connectivity index (χ0n) is 22.4. The first-order chi connectivity index (χ1) is 19.8. The van der Waals surface area contributed by atoms with Crippen molar-refractivity contribution in [2.75, 3.05) is 51.4 Å². The number of rotatable bonds is 11. The number of amides is 6. The summed E-state index contributed by atoms with van der Waals surface area (Å²) >= 11 is 0. The zero-order chi connectivity index (χ0) is 29.1. The van der Waals surface area contributed by atoms with Crippen LogP contribution >= 0.6 is 0 Å². The maximum Gasteiger partial charge on any atom is 0.334 e. The number of benzene rings is 1. The summed E-state index contributed by atoms with van der Waals surface area (Å²) in [5.41, 5.74) is 0.459. The summed E-state index contributed by atoms with van der Waals surface area (Å²) in [6.45, 7) is 0.00593. The number of ether oxygens (including phenoxy) is 2. The summed E-state index contributed by atoms with van der Waals surface area (Å²) in [7, 11) is 1.48. The van der Waals surface area contributed by atoms with Crippen molar-refractivity contribution in [1.82, 2.24) is 24.8 Å². The van der Waals surface area contributed by atoms with Gasteiger partial charge in [0.15, 0.2) is 5.82 Å². The van der Waals surface area contributed by atoms with Crippen LogP contribution in [0.3, 0.4) is 0 Å². The Labute approximate surface area is 234 Å². The Morgan fingerprint density at radius 2 is 1.90 bits per heavy atom. The largest absolute Gasteiger partial charge is 0.495 e. The number of para-hydroxylation sites is 2. The molecule has 15 heteroatoms. The van der Waals surface area contributed by atoms with Crippen LogP contribution in [0.4, 0.5) is 10.5 Å². The van der Waals surface area contributed by atoms with E-state index in [1.165, 1.54) is 16.9 Å². The summed E-state index contributed by atoms with van der Waals surface area (Å²) in [6, 6.07) is 6.17. The molecule has 1 aromatic heterocycles. The van der Waals surface area contributed by atoms with Gasteiger partial charge in [-0.25, -0.2) is 9.69 Å². The Bertz CT molecular complexity index is 1340. The Morgan fingerprint density at radius 3 is 2.63 bits per heavy atom. The van der Waals surface area contributed by atoms with Gasteiger partial charge >= 0.3 is 17.8 Å². The van der Waals surface area contributed by atoms with E-state index in [4.69, 9.17) is 14.0 Å². The van der Waals surface area contributed by atoms with Gasteiger partial charge < -0.3 is 28.9 Å². The van der Waals surface area contributed by atoms with Crippen LogP contribution in [-0.4, -0.2) is 112 Å². The average Bonchev–Trinajstić information content (AvgIpc) is 3.68. The number of carbonyl (C=O) groups excluding carboxylic acids is 5. The van der Waals surface area contributed by atoms with E-state index in [-0.39, 0.29) is 50.3 Å². The number of aliphatic hydroxyl groups is 1. The van der Waals surface area contributed by atoms with Gasteiger partial charge in [0.05, 0.1) is 38.5 Å².